The summed E-state index contributed by atoms with van der Waals surface area (Å²) in [6.45, 7) is 1.78. The molecule has 180 valence electrons. The minimum Gasteiger partial charge on any atom is -0.508 e. The van der Waals surface area contributed by atoms with Gasteiger partial charge in [0.25, 0.3) is 0 Å². The van der Waals surface area contributed by atoms with Crippen LogP contribution >= 0.6 is 0 Å². The van der Waals surface area contributed by atoms with Crippen LogP contribution in [0.5, 0.6) is 5.75 Å². The van der Waals surface area contributed by atoms with Gasteiger partial charge in [-0.3, -0.25) is 9.67 Å². The van der Waals surface area contributed by atoms with Crippen molar-refractivity contribution in [2.24, 2.45) is 0 Å². The van der Waals surface area contributed by atoms with Gasteiger partial charge in [0.15, 0.2) is 5.82 Å². The highest BCUT2D eigenvalue weighted by atomic mass is 19.1. The third-order valence-corrected chi connectivity index (χ3v) is 6.40. The zero-order chi connectivity index (χ0) is 24.8. The summed E-state index contributed by atoms with van der Waals surface area (Å²) in [6.07, 6.45) is 4.47. The highest BCUT2D eigenvalue weighted by Gasteiger charge is 2.23. The predicted octanol–water partition coefficient (Wildman–Crippen LogP) is 5.46. The molecular weight excluding hydrogens is 462 g/mol. The number of benzene rings is 2. The molecule has 0 unspecified atom stereocenters. The van der Waals surface area contributed by atoms with Crippen LogP contribution in [0.2, 0.25) is 0 Å². The Balaban J connectivity index is 1.47. The van der Waals surface area contributed by atoms with E-state index in [9.17, 15) is 13.9 Å². The highest BCUT2D eigenvalue weighted by molar-refractivity contribution is 5.92. The molecule has 2 N–H and O–H groups in total. The molecule has 7 nitrogen and oxygen atoms in total. The number of anilines is 2. The van der Waals surface area contributed by atoms with E-state index in [0.29, 0.717) is 17.0 Å². The Hall–Kier alpha value is -4.40. The number of aromatic hydroxyl groups is 1. The minimum atomic E-state index is -0.832. The zero-order valence-electron chi connectivity index (χ0n) is 19.5. The number of hydrogen-bond acceptors (Lipinski definition) is 6. The maximum atomic E-state index is 14.5. The normalized spacial score (nSPS) is 12.8. The van der Waals surface area contributed by atoms with Crippen molar-refractivity contribution in [3.05, 3.63) is 88.9 Å². The molecule has 0 bridgehead atoms. The number of phenolic OH excluding ortho intramolecular Hbond substituents is 1. The molecule has 0 saturated carbocycles. The van der Waals surface area contributed by atoms with Crippen LogP contribution in [0.4, 0.5) is 20.3 Å². The molecule has 6 rings (SSSR count). The quantitative estimate of drug-likeness (QED) is 0.344. The summed E-state index contributed by atoms with van der Waals surface area (Å²) < 4.78 is 30.5. The summed E-state index contributed by atoms with van der Waals surface area (Å²) in [4.78, 5) is 14.0. The first kappa shape index (κ1) is 22.1. The van der Waals surface area contributed by atoms with Gasteiger partial charge < -0.3 is 10.4 Å². The second kappa shape index (κ2) is 8.67. The van der Waals surface area contributed by atoms with Crippen molar-refractivity contribution >= 4 is 22.4 Å². The first-order chi connectivity index (χ1) is 17.5. The molecule has 36 heavy (non-hydrogen) atoms. The molecule has 0 radical (unpaired) electrons. The maximum absolute atomic E-state index is 14.5. The summed E-state index contributed by atoms with van der Waals surface area (Å²) in [7, 11) is 0. The first-order valence-electron chi connectivity index (χ1n) is 11.7. The molecule has 3 aromatic heterocycles. The van der Waals surface area contributed by atoms with E-state index in [1.807, 2.05) is 43.3 Å². The van der Waals surface area contributed by atoms with Gasteiger partial charge in [-0.2, -0.15) is 5.10 Å². The molecular formula is C27H22F2N6O. The third kappa shape index (κ3) is 3.92. The van der Waals surface area contributed by atoms with Crippen molar-refractivity contribution in [1.29, 1.82) is 0 Å². The molecule has 0 atom stereocenters. The summed E-state index contributed by atoms with van der Waals surface area (Å²) in [5.41, 5.74) is 4.89. The predicted molar refractivity (Wildman–Crippen MR) is 132 cm³/mol. The van der Waals surface area contributed by atoms with E-state index in [1.165, 1.54) is 0 Å². The van der Waals surface area contributed by atoms with Gasteiger partial charge in [-0.1, -0.05) is 18.2 Å². The van der Waals surface area contributed by atoms with E-state index in [-0.39, 0.29) is 12.1 Å². The number of aryl methyl sites for hydroxylation is 2. The molecule has 3 heterocycles. The number of fused-ring (bicyclic) bond motifs is 2. The Labute approximate surface area is 205 Å². The van der Waals surface area contributed by atoms with Crippen LogP contribution in [0.3, 0.4) is 0 Å². The van der Waals surface area contributed by atoms with E-state index < -0.39 is 17.4 Å². The number of halogens is 2. The summed E-state index contributed by atoms with van der Waals surface area (Å²) in [5.74, 6) is -0.948. The Morgan fingerprint density at radius 3 is 2.64 bits per heavy atom. The van der Waals surface area contributed by atoms with Gasteiger partial charge in [0.2, 0.25) is 0 Å². The van der Waals surface area contributed by atoms with Crippen LogP contribution in [-0.2, 0) is 19.4 Å². The van der Waals surface area contributed by atoms with Gasteiger partial charge >= 0.3 is 0 Å². The fraction of sp³-hybridized carbons (Fsp3) is 0.185. The number of hydrogen-bond donors (Lipinski definition) is 2. The lowest BCUT2D eigenvalue weighted by atomic mass is 10.1. The van der Waals surface area contributed by atoms with Crippen molar-refractivity contribution in [3.63, 3.8) is 0 Å². The van der Waals surface area contributed by atoms with Gasteiger partial charge in [-0.25, -0.2) is 18.7 Å². The smallest absolute Gasteiger partial charge is 0.182 e. The van der Waals surface area contributed by atoms with Gasteiger partial charge in [0.1, 0.15) is 28.9 Å². The lowest BCUT2D eigenvalue weighted by Crippen LogP contribution is -2.07. The number of rotatable bonds is 5. The molecule has 2 aromatic carbocycles. The second-order valence-electron chi connectivity index (χ2n) is 8.90. The molecule has 1 aliphatic rings. The fourth-order valence-corrected chi connectivity index (χ4v) is 4.71. The monoisotopic (exact) mass is 484 g/mol. The van der Waals surface area contributed by atoms with E-state index >= 15 is 0 Å². The number of aromatic nitrogens is 5. The summed E-state index contributed by atoms with van der Waals surface area (Å²) >= 11 is 0. The van der Waals surface area contributed by atoms with Crippen molar-refractivity contribution in [3.8, 4) is 17.3 Å². The molecule has 0 spiro atoms. The molecule has 0 saturated heterocycles. The van der Waals surface area contributed by atoms with Crippen LogP contribution in [-0.4, -0.2) is 29.8 Å². The summed E-state index contributed by atoms with van der Waals surface area (Å²) in [5, 5.41) is 18.4. The van der Waals surface area contributed by atoms with Crippen LogP contribution in [0.1, 0.15) is 28.9 Å². The van der Waals surface area contributed by atoms with Crippen molar-refractivity contribution in [2.75, 3.05) is 5.32 Å². The van der Waals surface area contributed by atoms with Crippen LogP contribution < -0.4 is 5.32 Å². The largest absolute Gasteiger partial charge is 0.508 e. The summed E-state index contributed by atoms with van der Waals surface area (Å²) in [6, 6.07) is 13.1. The van der Waals surface area contributed by atoms with E-state index in [2.05, 4.69) is 10.3 Å². The molecule has 9 heteroatoms. The van der Waals surface area contributed by atoms with E-state index in [0.717, 1.165) is 65.2 Å². The molecule has 0 aliphatic heterocycles. The average molecular weight is 485 g/mol. The van der Waals surface area contributed by atoms with Crippen LogP contribution in [0, 0.1) is 18.6 Å². The van der Waals surface area contributed by atoms with Crippen molar-refractivity contribution in [2.45, 2.75) is 32.7 Å². The highest BCUT2D eigenvalue weighted by Crippen LogP contribution is 2.33. The van der Waals surface area contributed by atoms with Crippen LogP contribution in [0.15, 0.2) is 54.7 Å². The number of nitrogens with one attached hydrogen (secondary N) is 1. The molecule has 5 aromatic rings. The lowest BCUT2D eigenvalue weighted by Gasteiger charge is -2.12. The van der Waals surface area contributed by atoms with E-state index in [1.54, 1.807) is 10.9 Å². The molecule has 0 fully saturated rings. The molecule has 0 amide bonds. The van der Waals surface area contributed by atoms with Gasteiger partial charge in [0.05, 0.1) is 12.1 Å². The number of pyridine rings is 1. The Morgan fingerprint density at radius 2 is 1.83 bits per heavy atom. The molecule has 1 aliphatic carbocycles. The third-order valence-electron chi connectivity index (χ3n) is 6.40. The standard InChI is InChI=1S/C27H22F2N6O/c1-15-11-16(9-10-30-15)31-26-18-6-4-7-23(18)32-27(33-26)25-19-5-2-3-8-24(19)35(34-25)14-20-21(28)12-17(36)13-22(20)29/h2-3,5,8-13,36H,4,6-7,14H2,1H3,(H,30,31,32,33). The van der Waals surface area contributed by atoms with Gasteiger partial charge in [-0.05, 0) is 44.4 Å². The number of phenols is 1. The van der Waals surface area contributed by atoms with E-state index in [4.69, 9.17) is 15.1 Å². The number of para-hydroxylation sites is 1. The number of nitrogens with zero attached hydrogens (tertiary/aromatic N) is 5. The Bertz CT molecular complexity index is 1610. The second-order valence-corrected chi connectivity index (χ2v) is 8.90. The maximum Gasteiger partial charge on any atom is 0.182 e. The van der Waals surface area contributed by atoms with Crippen molar-refractivity contribution < 1.29 is 13.9 Å². The van der Waals surface area contributed by atoms with Gasteiger partial charge in [-0.15, -0.1) is 0 Å². The zero-order valence-corrected chi connectivity index (χ0v) is 19.5. The Kier molecular flexibility index (Phi) is 5.32. The SMILES string of the molecule is Cc1cc(Nc2nc(-c3nn(Cc4c(F)cc(O)cc4F)c4ccccc34)nc3c2CCC3)ccn1. The lowest BCUT2D eigenvalue weighted by molar-refractivity contribution is 0.454. The van der Waals surface area contributed by atoms with Crippen molar-refractivity contribution in [1.82, 2.24) is 24.7 Å². The minimum absolute atomic E-state index is 0.148. The fourth-order valence-electron chi connectivity index (χ4n) is 4.71. The van der Waals surface area contributed by atoms with Crippen LogP contribution in [0.25, 0.3) is 22.4 Å². The Morgan fingerprint density at radius 1 is 1.03 bits per heavy atom. The first-order valence-corrected chi connectivity index (χ1v) is 11.7. The van der Waals surface area contributed by atoms with Gasteiger partial charge in [0, 0.05) is 51.9 Å². The average Bonchev–Trinajstić information content (AvgIpc) is 3.46. The topological polar surface area (TPSA) is 88.8 Å².